The molecule has 0 radical (unpaired) electrons. The summed E-state index contributed by atoms with van der Waals surface area (Å²) in [5.74, 6) is -3.68. The van der Waals surface area contributed by atoms with Crippen LogP contribution in [-0.2, 0) is 38.8 Å². The molecule has 5 fully saturated rings. The van der Waals surface area contributed by atoms with Gasteiger partial charge in [-0.3, -0.25) is 28.7 Å². The molecule has 26 heteroatoms. The molecule has 0 bridgehead atoms. The number of amides is 5. The summed E-state index contributed by atoms with van der Waals surface area (Å²) in [6.07, 6.45) is 14.3. The number of benzene rings is 2. The van der Waals surface area contributed by atoms with Gasteiger partial charge in [-0.2, -0.15) is 0 Å². The van der Waals surface area contributed by atoms with Crippen LogP contribution in [0.3, 0.4) is 0 Å². The molecular weight excluding hydrogens is 1330 g/mol. The number of aryl methyl sites for hydroxylation is 2. The van der Waals surface area contributed by atoms with Crippen molar-refractivity contribution in [3.05, 3.63) is 94.0 Å². The topological polar surface area (TPSA) is 323 Å². The number of aromatic nitrogens is 4. The lowest BCUT2D eigenvalue weighted by molar-refractivity contribution is -0.145. The number of pyridine rings is 2. The zero-order chi connectivity index (χ0) is 71.8. The molecular formula is C74H94N10O13S3. The Bertz CT molecular complexity index is 4300. The van der Waals surface area contributed by atoms with E-state index in [0.29, 0.717) is 78.7 Å². The van der Waals surface area contributed by atoms with E-state index in [1.165, 1.54) is 29.7 Å². The maximum absolute atomic E-state index is 14.2. The Morgan fingerprint density at radius 1 is 0.780 bits per heavy atom. The standard InChI is InChI=1S/C39H52N6O7S2.C35H42N4O6S/c1-22(2)30-21-53-36(43-30)29-19-32(26-12-13-31(51-6)23(3)33(26)42-29)52-25-17-27(34(46)41-5)28(18-25)35(47)44-39(20-24(39)11-9-7-8-10-16-40)37(48)45-54(49,50)38(4)14-15-38;1-19(2)27-18-46-32(37-27)26-16-29(23-11-12-28(44-5)20(3)30(23)36-26)45-22-14-24-25(15-22)33(41)39(4)13-9-7-6-8-10-21-17-35(21,34(42)43)38-31(24)40/h9,11-13,19,21-22,24-25,27-28H,7-8,10,14-18,20,40H2,1-6H3,(H,41,46)(H,44,47)(H,45,48);8,10-12,16,18-19,21-22,24-25H,6-7,9,13-15,17H2,1-5H3,(H,38,40)(H,42,43)/b11-9-;10-8-/t24-,25+,27-,28-,39-;21-,22-,24-,25-,35-/m11/s1. The van der Waals surface area contributed by atoms with E-state index < -0.39 is 91.3 Å². The van der Waals surface area contributed by atoms with Gasteiger partial charge in [-0.25, -0.2) is 33.1 Å². The number of nitrogens with two attached hydrogens (primary N) is 1. The van der Waals surface area contributed by atoms with E-state index in [1.807, 2.05) is 85.3 Å². The summed E-state index contributed by atoms with van der Waals surface area (Å²) in [5.41, 5.74) is 9.24. The van der Waals surface area contributed by atoms with Gasteiger partial charge in [-0.15, -0.1) is 22.7 Å². The van der Waals surface area contributed by atoms with Crippen molar-refractivity contribution in [1.82, 2.24) is 45.5 Å². The fourth-order valence-electron chi connectivity index (χ4n) is 14.1. The molecule has 10 atom stereocenters. The summed E-state index contributed by atoms with van der Waals surface area (Å²) in [6.45, 7) is 15.0. The van der Waals surface area contributed by atoms with E-state index in [0.717, 1.165) is 87.3 Å². The number of rotatable bonds is 22. The fourth-order valence-corrected chi connectivity index (χ4v) is 17.3. The van der Waals surface area contributed by atoms with Crippen molar-refractivity contribution in [1.29, 1.82) is 0 Å². The number of nitrogens with one attached hydrogen (secondary N) is 4. The van der Waals surface area contributed by atoms with Crippen LogP contribution in [0.4, 0.5) is 0 Å². The van der Waals surface area contributed by atoms with Gasteiger partial charge in [0, 0.05) is 77.3 Å². The van der Waals surface area contributed by atoms with Gasteiger partial charge in [0.1, 0.15) is 67.7 Å². The molecule has 5 saturated carbocycles. The average Bonchev–Trinajstić information content (AvgIpc) is 1.57. The lowest BCUT2D eigenvalue weighted by Gasteiger charge is -2.26. The number of hydrogen-bond acceptors (Lipinski definition) is 19. The van der Waals surface area contributed by atoms with Crippen LogP contribution in [0.25, 0.3) is 43.2 Å². The van der Waals surface area contributed by atoms with Crippen LogP contribution in [0.1, 0.15) is 159 Å². The van der Waals surface area contributed by atoms with Crippen molar-refractivity contribution < 1.29 is 61.2 Å². The Kier molecular flexibility index (Phi) is 21.8. The minimum atomic E-state index is -3.95. The Hall–Kier alpha value is -8.07. The lowest BCUT2D eigenvalue weighted by Crippen LogP contribution is -2.55. The number of ether oxygens (including phenoxy) is 4. The number of unbranched alkanes of at least 4 members (excludes halogenated alkanes) is 2. The first-order chi connectivity index (χ1) is 47.7. The number of sulfonamides is 1. The quantitative estimate of drug-likeness (QED) is 0.0272. The Morgan fingerprint density at radius 2 is 1.34 bits per heavy atom. The maximum Gasteiger partial charge on any atom is 0.330 e. The second-order valence-corrected chi connectivity index (χ2v) is 32.6. The van der Waals surface area contributed by atoms with Crippen LogP contribution < -0.4 is 45.4 Å². The first kappa shape index (κ1) is 73.2. The molecule has 0 spiro atoms. The monoisotopic (exact) mass is 1430 g/mol. The normalized spacial score (nSPS) is 25.8. The van der Waals surface area contributed by atoms with Gasteiger partial charge in [0.25, 0.3) is 5.91 Å². The number of allylic oxidation sites excluding steroid dienone is 2. The van der Waals surface area contributed by atoms with Crippen molar-refractivity contribution in [2.75, 3.05) is 41.4 Å². The highest BCUT2D eigenvalue weighted by molar-refractivity contribution is 7.91. The third kappa shape index (κ3) is 15.1. The second kappa shape index (κ2) is 29.9. The number of carbonyl (C=O) groups excluding carboxylic acids is 5. The van der Waals surface area contributed by atoms with E-state index in [9.17, 15) is 42.3 Å². The molecule has 536 valence electrons. The molecule has 6 aliphatic rings. The molecule has 0 unspecified atom stereocenters. The summed E-state index contributed by atoms with van der Waals surface area (Å²) >= 11 is 3.03. The highest BCUT2D eigenvalue weighted by atomic mass is 32.2. The van der Waals surface area contributed by atoms with Crippen LogP contribution in [0.15, 0.2) is 71.5 Å². The highest BCUT2D eigenvalue weighted by Gasteiger charge is 2.64. The molecule has 12 rings (SSSR count). The molecule has 0 saturated heterocycles. The number of carboxylic acids is 1. The van der Waals surface area contributed by atoms with Gasteiger partial charge < -0.3 is 50.6 Å². The Morgan fingerprint density at radius 3 is 1.86 bits per heavy atom. The molecule has 1 aliphatic heterocycles. The Labute approximate surface area is 592 Å². The number of hydrogen-bond donors (Lipinski definition) is 6. The molecule has 4 aromatic heterocycles. The number of fused-ring (bicyclic) bond motifs is 4. The number of methoxy groups -OCH3 is 2. The van der Waals surface area contributed by atoms with E-state index in [2.05, 4.69) is 48.4 Å². The maximum atomic E-state index is 14.2. The van der Waals surface area contributed by atoms with E-state index in [1.54, 1.807) is 33.1 Å². The summed E-state index contributed by atoms with van der Waals surface area (Å²) in [6, 6.07) is 11.3. The molecule has 5 heterocycles. The minimum absolute atomic E-state index is 0.111. The zero-order valence-electron chi connectivity index (χ0n) is 58.9. The smallest absolute Gasteiger partial charge is 0.330 e. The molecule has 5 aliphatic carbocycles. The molecule has 100 heavy (non-hydrogen) atoms. The predicted octanol–water partition coefficient (Wildman–Crippen LogP) is 10.6. The van der Waals surface area contributed by atoms with Gasteiger partial charge >= 0.3 is 5.97 Å². The lowest BCUT2D eigenvalue weighted by atomic mass is 9.93. The molecule has 5 amide bonds. The van der Waals surface area contributed by atoms with Crippen molar-refractivity contribution in [2.45, 2.75) is 178 Å². The SMILES string of the molecule is CNC(=O)[C@@H]1C[C@H](Oc2cc(-c3nc(C(C)C)cs3)nc3c(C)c(OC)ccc23)C[C@H]1C(=O)N[C@]1(C(=O)NS(=O)(=O)C2(C)CC2)C[C@H]1/C=C\CCCCN.COc1ccc2c(O[C@@H]3C[C@H]4C(=O)N[C@]5(C(=O)O)C[C@H]5/C=C\CCCCN(C)C(=O)[C@@H]4C3)cc(-c3nc(C(C)C)cs3)nc2c1C. The van der Waals surface area contributed by atoms with Crippen molar-refractivity contribution in [3.63, 3.8) is 0 Å². The van der Waals surface area contributed by atoms with Gasteiger partial charge in [0.05, 0.1) is 65.1 Å². The summed E-state index contributed by atoms with van der Waals surface area (Å²) in [7, 11) is 2.58. The first-order valence-electron chi connectivity index (χ1n) is 34.8. The van der Waals surface area contributed by atoms with Gasteiger partial charge in [-0.05, 0) is 153 Å². The van der Waals surface area contributed by atoms with E-state index in [4.69, 9.17) is 44.6 Å². The average molecular weight is 1430 g/mol. The third-order valence-electron chi connectivity index (χ3n) is 21.0. The molecule has 6 aromatic rings. The molecule has 2 aromatic carbocycles. The molecule has 7 N–H and O–H groups in total. The van der Waals surface area contributed by atoms with E-state index >= 15 is 0 Å². The zero-order valence-corrected chi connectivity index (χ0v) is 61.3. The van der Waals surface area contributed by atoms with Gasteiger partial charge in [0.2, 0.25) is 33.7 Å². The van der Waals surface area contributed by atoms with Crippen molar-refractivity contribution >= 4 is 90.0 Å². The predicted molar refractivity (Wildman–Crippen MR) is 385 cm³/mol. The van der Waals surface area contributed by atoms with Crippen LogP contribution >= 0.6 is 22.7 Å². The summed E-state index contributed by atoms with van der Waals surface area (Å²) in [4.78, 5) is 103. The number of thiazole rings is 2. The van der Waals surface area contributed by atoms with Crippen LogP contribution in [0, 0.1) is 49.4 Å². The van der Waals surface area contributed by atoms with Crippen LogP contribution in [-0.4, -0.2) is 143 Å². The largest absolute Gasteiger partial charge is 0.496 e. The summed E-state index contributed by atoms with van der Waals surface area (Å²) in [5, 5.41) is 25.7. The first-order valence-corrected chi connectivity index (χ1v) is 38.1. The molecule has 23 nitrogen and oxygen atoms in total. The van der Waals surface area contributed by atoms with Crippen molar-refractivity contribution in [3.8, 4) is 44.4 Å². The van der Waals surface area contributed by atoms with Gasteiger partial charge in [-0.1, -0.05) is 52.0 Å². The number of carboxylic acid groups (broad SMARTS) is 1. The third-order valence-corrected chi connectivity index (χ3v) is 24.9. The fraction of sp³-hybridized carbons (Fsp3) is 0.541. The number of aliphatic carboxylic acids is 1. The Balaban J connectivity index is 0.000000204. The summed E-state index contributed by atoms with van der Waals surface area (Å²) < 4.78 is 52.1. The highest BCUT2D eigenvalue weighted by Crippen LogP contribution is 2.50. The van der Waals surface area contributed by atoms with Crippen LogP contribution in [0.2, 0.25) is 0 Å². The van der Waals surface area contributed by atoms with Crippen molar-refractivity contribution in [2.24, 2.45) is 41.2 Å². The number of nitrogens with zero attached hydrogens (tertiary/aromatic N) is 5. The minimum Gasteiger partial charge on any atom is -0.496 e. The van der Waals surface area contributed by atoms with Gasteiger partial charge in [0.15, 0.2) is 0 Å². The van der Waals surface area contributed by atoms with E-state index in [-0.39, 0.29) is 55.3 Å². The number of carbonyl (C=O) groups is 6. The second-order valence-electron chi connectivity index (χ2n) is 28.6. The van der Waals surface area contributed by atoms with Crippen LogP contribution in [0.5, 0.6) is 23.0 Å².